The van der Waals surface area contributed by atoms with Crippen molar-refractivity contribution >= 4 is 29.1 Å². The maximum Gasteiger partial charge on any atom is 0.230 e. The minimum atomic E-state index is -0.247. The van der Waals surface area contributed by atoms with Gasteiger partial charge in [-0.2, -0.15) is 0 Å². The zero-order chi connectivity index (χ0) is 15.7. The molecule has 0 N–H and O–H groups in total. The van der Waals surface area contributed by atoms with Gasteiger partial charge < -0.3 is 9.32 Å². The van der Waals surface area contributed by atoms with Crippen LogP contribution in [0, 0.1) is 0 Å². The predicted molar refractivity (Wildman–Crippen MR) is 87.3 cm³/mol. The first-order chi connectivity index (χ1) is 10.6. The van der Waals surface area contributed by atoms with E-state index in [1.807, 2.05) is 24.0 Å². The topological polar surface area (TPSA) is 33.5 Å². The molecule has 0 saturated carbocycles. The van der Waals surface area contributed by atoms with Crippen LogP contribution in [-0.2, 0) is 17.8 Å². The second kappa shape index (κ2) is 6.35. The SMILES string of the molecule is CC(C(=O)N1CCCc2occc2C1)c1ccc(Cl)c(Cl)c1. The Hall–Kier alpha value is -1.45. The molecule has 5 heteroatoms. The Morgan fingerprint density at radius 3 is 2.86 bits per heavy atom. The number of nitrogens with zero attached hydrogens (tertiary/aromatic N) is 1. The van der Waals surface area contributed by atoms with Crippen LogP contribution in [0.5, 0.6) is 0 Å². The number of rotatable bonds is 2. The summed E-state index contributed by atoms with van der Waals surface area (Å²) < 4.78 is 5.47. The largest absolute Gasteiger partial charge is 0.469 e. The van der Waals surface area contributed by atoms with Gasteiger partial charge >= 0.3 is 0 Å². The van der Waals surface area contributed by atoms with Crippen molar-refractivity contribution < 1.29 is 9.21 Å². The van der Waals surface area contributed by atoms with E-state index in [2.05, 4.69) is 0 Å². The van der Waals surface area contributed by atoms with Crippen molar-refractivity contribution in [3.05, 3.63) is 57.5 Å². The van der Waals surface area contributed by atoms with Gasteiger partial charge in [-0.15, -0.1) is 0 Å². The van der Waals surface area contributed by atoms with E-state index in [4.69, 9.17) is 27.6 Å². The molecule has 1 amide bonds. The van der Waals surface area contributed by atoms with Crippen molar-refractivity contribution in [3.8, 4) is 0 Å². The third kappa shape index (κ3) is 3.01. The van der Waals surface area contributed by atoms with E-state index in [0.29, 0.717) is 16.6 Å². The molecule has 1 aliphatic heterocycles. The molecule has 0 fully saturated rings. The number of furan rings is 1. The van der Waals surface area contributed by atoms with Gasteiger partial charge in [0.25, 0.3) is 0 Å². The average Bonchev–Trinajstić information content (AvgIpc) is 2.85. The molecule has 2 heterocycles. The minimum Gasteiger partial charge on any atom is -0.469 e. The van der Waals surface area contributed by atoms with E-state index in [-0.39, 0.29) is 11.8 Å². The molecule has 0 spiro atoms. The molecule has 1 aliphatic rings. The van der Waals surface area contributed by atoms with E-state index in [9.17, 15) is 4.79 Å². The van der Waals surface area contributed by atoms with E-state index in [0.717, 1.165) is 36.3 Å². The Bertz CT molecular complexity index is 696. The number of halogens is 2. The van der Waals surface area contributed by atoms with Crippen molar-refractivity contribution in [1.82, 2.24) is 4.90 Å². The standard InChI is InChI=1S/C17H17Cl2NO2/c1-11(12-4-5-14(18)15(19)9-12)17(21)20-7-2-3-16-13(10-20)6-8-22-16/h4-6,8-9,11H,2-3,7,10H2,1H3. The van der Waals surface area contributed by atoms with Crippen molar-refractivity contribution in [2.75, 3.05) is 6.54 Å². The summed E-state index contributed by atoms with van der Waals surface area (Å²) in [6.45, 7) is 3.26. The number of hydrogen-bond acceptors (Lipinski definition) is 2. The second-order valence-electron chi connectivity index (χ2n) is 5.63. The van der Waals surface area contributed by atoms with Crippen LogP contribution in [0.2, 0.25) is 10.0 Å². The fourth-order valence-electron chi connectivity index (χ4n) is 2.83. The van der Waals surface area contributed by atoms with Gasteiger partial charge in [-0.25, -0.2) is 0 Å². The summed E-state index contributed by atoms with van der Waals surface area (Å²) in [6.07, 6.45) is 3.49. The molecule has 1 aromatic carbocycles. The zero-order valence-electron chi connectivity index (χ0n) is 12.3. The van der Waals surface area contributed by atoms with Crippen LogP contribution in [0.3, 0.4) is 0 Å². The number of hydrogen-bond donors (Lipinski definition) is 0. The molecule has 0 aliphatic carbocycles. The second-order valence-corrected chi connectivity index (χ2v) is 6.44. The fraction of sp³-hybridized carbons (Fsp3) is 0.353. The van der Waals surface area contributed by atoms with E-state index < -0.39 is 0 Å². The van der Waals surface area contributed by atoms with E-state index in [1.165, 1.54) is 0 Å². The lowest BCUT2D eigenvalue weighted by Crippen LogP contribution is -2.34. The summed E-state index contributed by atoms with van der Waals surface area (Å²) in [6, 6.07) is 7.32. The number of fused-ring (bicyclic) bond motifs is 1. The molecule has 1 aromatic heterocycles. The Kier molecular flexibility index (Phi) is 4.46. The highest BCUT2D eigenvalue weighted by Crippen LogP contribution is 2.28. The van der Waals surface area contributed by atoms with Crippen molar-refractivity contribution in [2.45, 2.75) is 32.2 Å². The van der Waals surface area contributed by atoms with E-state index >= 15 is 0 Å². The first-order valence-corrected chi connectivity index (χ1v) is 8.11. The molecule has 3 nitrogen and oxygen atoms in total. The van der Waals surface area contributed by atoms with Crippen LogP contribution in [0.1, 0.15) is 36.1 Å². The normalized spacial score (nSPS) is 16.0. The van der Waals surface area contributed by atoms with Crippen LogP contribution in [-0.4, -0.2) is 17.4 Å². The zero-order valence-corrected chi connectivity index (χ0v) is 13.8. The van der Waals surface area contributed by atoms with Crippen molar-refractivity contribution in [3.63, 3.8) is 0 Å². The van der Waals surface area contributed by atoms with Gasteiger partial charge in [0.05, 0.1) is 22.2 Å². The van der Waals surface area contributed by atoms with Gasteiger partial charge in [-0.1, -0.05) is 29.3 Å². The van der Waals surface area contributed by atoms with Gasteiger partial charge in [0.1, 0.15) is 5.76 Å². The molecule has 116 valence electrons. The van der Waals surface area contributed by atoms with Crippen molar-refractivity contribution in [1.29, 1.82) is 0 Å². The Balaban J connectivity index is 1.79. The minimum absolute atomic E-state index is 0.104. The first kappa shape index (κ1) is 15.4. The predicted octanol–water partition coefficient (Wildman–Crippen LogP) is 4.66. The summed E-state index contributed by atoms with van der Waals surface area (Å²) >= 11 is 12.0. The third-order valence-electron chi connectivity index (χ3n) is 4.16. The number of amides is 1. The van der Waals surface area contributed by atoms with Gasteiger partial charge in [-0.3, -0.25) is 4.79 Å². The van der Waals surface area contributed by atoms with Crippen LogP contribution >= 0.6 is 23.2 Å². The lowest BCUT2D eigenvalue weighted by Gasteiger charge is -2.24. The Morgan fingerprint density at radius 2 is 2.09 bits per heavy atom. The summed E-state index contributed by atoms with van der Waals surface area (Å²) in [5, 5.41) is 0.981. The van der Waals surface area contributed by atoms with Crippen LogP contribution in [0.4, 0.5) is 0 Å². The summed E-state index contributed by atoms with van der Waals surface area (Å²) in [5.41, 5.74) is 1.99. The molecular formula is C17H17Cl2NO2. The summed E-state index contributed by atoms with van der Waals surface area (Å²) in [4.78, 5) is 14.7. The van der Waals surface area contributed by atoms with Gasteiger partial charge in [0.2, 0.25) is 5.91 Å². The monoisotopic (exact) mass is 337 g/mol. The smallest absolute Gasteiger partial charge is 0.230 e. The highest BCUT2D eigenvalue weighted by Gasteiger charge is 2.25. The molecule has 1 atom stereocenters. The molecule has 0 bridgehead atoms. The summed E-state index contributed by atoms with van der Waals surface area (Å²) in [5.74, 6) is 0.855. The number of benzene rings is 1. The molecule has 2 aromatic rings. The molecule has 0 saturated heterocycles. The maximum atomic E-state index is 12.8. The summed E-state index contributed by atoms with van der Waals surface area (Å²) in [7, 11) is 0. The average molecular weight is 338 g/mol. The highest BCUT2D eigenvalue weighted by atomic mass is 35.5. The maximum absolute atomic E-state index is 12.8. The first-order valence-electron chi connectivity index (χ1n) is 7.35. The fourth-order valence-corrected chi connectivity index (χ4v) is 3.14. The van der Waals surface area contributed by atoms with Gasteiger partial charge in [0, 0.05) is 25.1 Å². The lowest BCUT2D eigenvalue weighted by molar-refractivity contribution is -0.133. The third-order valence-corrected chi connectivity index (χ3v) is 4.90. The van der Waals surface area contributed by atoms with E-state index in [1.54, 1.807) is 18.4 Å². The lowest BCUT2D eigenvalue weighted by atomic mass is 9.99. The number of carbonyl (C=O) groups is 1. The molecule has 0 radical (unpaired) electrons. The number of carbonyl (C=O) groups excluding carboxylic acids is 1. The van der Waals surface area contributed by atoms with Crippen LogP contribution < -0.4 is 0 Å². The molecular weight excluding hydrogens is 321 g/mol. The Morgan fingerprint density at radius 1 is 1.27 bits per heavy atom. The van der Waals surface area contributed by atoms with Crippen molar-refractivity contribution in [2.24, 2.45) is 0 Å². The van der Waals surface area contributed by atoms with Gasteiger partial charge in [0.15, 0.2) is 0 Å². The van der Waals surface area contributed by atoms with Gasteiger partial charge in [-0.05, 0) is 37.1 Å². The molecule has 3 rings (SSSR count). The molecule has 1 unspecified atom stereocenters. The quantitative estimate of drug-likeness (QED) is 0.798. The number of aryl methyl sites for hydroxylation is 1. The highest BCUT2D eigenvalue weighted by molar-refractivity contribution is 6.42. The Labute approximate surface area is 139 Å². The van der Waals surface area contributed by atoms with Crippen LogP contribution in [0.15, 0.2) is 34.9 Å². The van der Waals surface area contributed by atoms with Crippen LogP contribution in [0.25, 0.3) is 0 Å². The molecule has 22 heavy (non-hydrogen) atoms.